The Hall–Kier alpha value is -1.58. The third-order valence-corrected chi connectivity index (χ3v) is 5.08. The van der Waals surface area contributed by atoms with Crippen molar-refractivity contribution in [1.29, 1.82) is 0 Å². The van der Waals surface area contributed by atoms with E-state index in [-0.39, 0.29) is 30.4 Å². The predicted molar refractivity (Wildman–Crippen MR) is 102 cm³/mol. The van der Waals surface area contributed by atoms with Gasteiger partial charge in [0.15, 0.2) is 0 Å². The lowest BCUT2D eigenvalue weighted by atomic mass is 9.83. The summed E-state index contributed by atoms with van der Waals surface area (Å²) in [4.78, 5) is 12.4. The second-order valence-corrected chi connectivity index (χ2v) is 6.77. The Morgan fingerprint density at radius 1 is 1.17 bits per heavy atom. The number of nitrogens with one attached hydrogen (secondary N) is 1. The number of fused-ring (bicyclic) bond motifs is 1. The molecule has 1 aliphatic carbocycles. The molecule has 3 rings (SSSR count). The summed E-state index contributed by atoms with van der Waals surface area (Å²) in [5.41, 5.74) is 7.33. The minimum absolute atomic E-state index is 0. The number of hydrogen-bond donors (Lipinski definition) is 2. The van der Waals surface area contributed by atoms with E-state index in [1.165, 1.54) is 29.2 Å². The largest absolute Gasteiger partial charge is 0.350 e. The molecule has 0 heterocycles. The van der Waals surface area contributed by atoms with Crippen molar-refractivity contribution < 1.29 is 4.79 Å². The average molecular weight is 347 g/mol. The van der Waals surface area contributed by atoms with Gasteiger partial charge in [0.05, 0.1) is 6.04 Å². The SMILES string of the molecule is CC(NC(=O)CC1CCCCC1N)c1cccc2ccccc12.Cl. The molecule has 2 aromatic rings. The first-order valence-electron chi connectivity index (χ1n) is 8.68. The van der Waals surface area contributed by atoms with Crippen LogP contribution in [0.5, 0.6) is 0 Å². The van der Waals surface area contributed by atoms with E-state index in [0.29, 0.717) is 12.3 Å². The fourth-order valence-corrected chi connectivity index (χ4v) is 3.73. The molecule has 0 bridgehead atoms. The Kier molecular flexibility index (Phi) is 6.64. The molecule has 3 atom stereocenters. The van der Waals surface area contributed by atoms with Crippen LogP contribution in [0.15, 0.2) is 42.5 Å². The summed E-state index contributed by atoms with van der Waals surface area (Å²) in [5.74, 6) is 0.455. The fraction of sp³-hybridized carbons (Fsp3) is 0.450. The minimum atomic E-state index is 0. The molecule has 1 aliphatic rings. The smallest absolute Gasteiger partial charge is 0.220 e. The summed E-state index contributed by atoms with van der Waals surface area (Å²) in [6.45, 7) is 2.06. The second-order valence-electron chi connectivity index (χ2n) is 6.77. The number of rotatable bonds is 4. The molecule has 0 aliphatic heterocycles. The molecule has 1 saturated carbocycles. The molecule has 0 aromatic heterocycles. The zero-order chi connectivity index (χ0) is 16.2. The molecule has 0 radical (unpaired) electrons. The summed E-state index contributed by atoms with van der Waals surface area (Å²) in [6, 6.07) is 14.8. The monoisotopic (exact) mass is 346 g/mol. The van der Waals surface area contributed by atoms with Crippen LogP contribution in [-0.4, -0.2) is 11.9 Å². The summed E-state index contributed by atoms with van der Waals surface area (Å²) < 4.78 is 0. The Balaban J connectivity index is 0.00000208. The maximum atomic E-state index is 12.4. The van der Waals surface area contributed by atoms with Gasteiger partial charge < -0.3 is 11.1 Å². The summed E-state index contributed by atoms with van der Waals surface area (Å²) >= 11 is 0. The van der Waals surface area contributed by atoms with Crippen LogP contribution in [0, 0.1) is 5.92 Å². The van der Waals surface area contributed by atoms with E-state index in [9.17, 15) is 4.79 Å². The molecular weight excluding hydrogens is 320 g/mol. The third kappa shape index (κ3) is 4.28. The molecule has 24 heavy (non-hydrogen) atoms. The van der Waals surface area contributed by atoms with Crippen LogP contribution in [0.25, 0.3) is 10.8 Å². The second kappa shape index (κ2) is 8.50. The quantitative estimate of drug-likeness (QED) is 0.864. The average Bonchev–Trinajstić information content (AvgIpc) is 2.56. The Bertz CT molecular complexity index is 683. The van der Waals surface area contributed by atoms with E-state index in [1.54, 1.807) is 0 Å². The number of carbonyl (C=O) groups excluding carboxylic acids is 1. The maximum absolute atomic E-state index is 12.4. The topological polar surface area (TPSA) is 55.1 Å². The van der Waals surface area contributed by atoms with Crippen molar-refractivity contribution >= 4 is 29.1 Å². The highest BCUT2D eigenvalue weighted by molar-refractivity contribution is 5.87. The van der Waals surface area contributed by atoms with Crippen LogP contribution in [-0.2, 0) is 4.79 Å². The Morgan fingerprint density at radius 2 is 1.88 bits per heavy atom. The molecule has 0 spiro atoms. The minimum Gasteiger partial charge on any atom is -0.350 e. The van der Waals surface area contributed by atoms with Crippen molar-refractivity contribution in [2.45, 2.75) is 51.1 Å². The van der Waals surface area contributed by atoms with Crippen LogP contribution < -0.4 is 11.1 Å². The number of nitrogens with two attached hydrogens (primary N) is 1. The Morgan fingerprint density at radius 3 is 2.67 bits per heavy atom. The first-order valence-corrected chi connectivity index (χ1v) is 8.68. The van der Waals surface area contributed by atoms with E-state index in [2.05, 4.69) is 42.6 Å². The van der Waals surface area contributed by atoms with Gasteiger partial charge in [-0.1, -0.05) is 55.3 Å². The normalized spacial score (nSPS) is 21.8. The van der Waals surface area contributed by atoms with Gasteiger partial charge in [-0.25, -0.2) is 0 Å². The summed E-state index contributed by atoms with van der Waals surface area (Å²) in [6.07, 6.45) is 5.08. The molecule has 3 nitrogen and oxygen atoms in total. The number of hydrogen-bond acceptors (Lipinski definition) is 2. The fourth-order valence-electron chi connectivity index (χ4n) is 3.73. The number of amides is 1. The summed E-state index contributed by atoms with van der Waals surface area (Å²) in [7, 11) is 0. The number of benzene rings is 2. The van der Waals surface area contributed by atoms with Gasteiger partial charge in [0.1, 0.15) is 0 Å². The highest BCUT2D eigenvalue weighted by atomic mass is 35.5. The molecule has 2 aromatic carbocycles. The van der Waals surface area contributed by atoms with Gasteiger partial charge in [-0.3, -0.25) is 4.79 Å². The molecular formula is C20H27ClN2O. The van der Waals surface area contributed by atoms with Gasteiger partial charge >= 0.3 is 0 Å². The molecule has 3 unspecified atom stereocenters. The van der Waals surface area contributed by atoms with Gasteiger partial charge in [0.25, 0.3) is 0 Å². The first-order chi connectivity index (χ1) is 11.1. The van der Waals surface area contributed by atoms with E-state index in [4.69, 9.17) is 5.73 Å². The highest BCUT2D eigenvalue weighted by Crippen LogP contribution is 2.27. The van der Waals surface area contributed by atoms with E-state index in [0.717, 1.165) is 12.8 Å². The standard InChI is InChI=1S/C20H26N2O.ClH/c1-14(17-11-6-9-15-7-2-4-10-18(15)17)22-20(23)13-16-8-3-5-12-19(16)21;/h2,4,6-7,9-11,14,16,19H,3,5,8,12-13,21H2,1H3,(H,22,23);1H. The van der Waals surface area contributed by atoms with E-state index >= 15 is 0 Å². The van der Waals surface area contributed by atoms with Crippen molar-refractivity contribution in [3.8, 4) is 0 Å². The Labute approximate surface area is 150 Å². The summed E-state index contributed by atoms with van der Waals surface area (Å²) in [5, 5.41) is 5.58. The lowest BCUT2D eigenvalue weighted by molar-refractivity contribution is -0.123. The first kappa shape index (κ1) is 18.8. The zero-order valence-corrected chi connectivity index (χ0v) is 15.0. The molecule has 3 N–H and O–H groups in total. The van der Waals surface area contributed by atoms with Gasteiger partial charge in [-0.15, -0.1) is 12.4 Å². The van der Waals surface area contributed by atoms with Gasteiger partial charge in [0.2, 0.25) is 5.91 Å². The van der Waals surface area contributed by atoms with Crippen LogP contribution in [0.4, 0.5) is 0 Å². The lowest BCUT2D eigenvalue weighted by Gasteiger charge is -2.28. The van der Waals surface area contributed by atoms with E-state index in [1.807, 2.05) is 12.1 Å². The highest BCUT2D eigenvalue weighted by Gasteiger charge is 2.24. The van der Waals surface area contributed by atoms with Crippen LogP contribution in [0.2, 0.25) is 0 Å². The van der Waals surface area contributed by atoms with Crippen LogP contribution in [0.1, 0.15) is 50.6 Å². The van der Waals surface area contributed by atoms with Crippen LogP contribution in [0.3, 0.4) is 0 Å². The van der Waals surface area contributed by atoms with Crippen molar-refractivity contribution in [2.75, 3.05) is 0 Å². The van der Waals surface area contributed by atoms with Crippen molar-refractivity contribution in [2.24, 2.45) is 11.7 Å². The van der Waals surface area contributed by atoms with E-state index < -0.39 is 0 Å². The van der Waals surface area contributed by atoms with Gasteiger partial charge in [0, 0.05) is 12.5 Å². The molecule has 1 fully saturated rings. The van der Waals surface area contributed by atoms with Crippen LogP contribution >= 0.6 is 12.4 Å². The molecule has 4 heteroatoms. The molecule has 1 amide bonds. The van der Waals surface area contributed by atoms with Crippen molar-refractivity contribution in [3.63, 3.8) is 0 Å². The van der Waals surface area contributed by atoms with Crippen molar-refractivity contribution in [3.05, 3.63) is 48.0 Å². The molecule has 130 valence electrons. The lowest BCUT2D eigenvalue weighted by Crippen LogP contribution is -2.37. The number of carbonyl (C=O) groups is 1. The third-order valence-electron chi connectivity index (χ3n) is 5.08. The van der Waals surface area contributed by atoms with Gasteiger partial charge in [-0.2, -0.15) is 0 Å². The zero-order valence-electron chi connectivity index (χ0n) is 14.2. The molecule has 0 saturated heterocycles. The predicted octanol–water partition coefficient (Wildman–Crippen LogP) is 4.35. The maximum Gasteiger partial charge on any atom is 0.220 e. The van der Waals surface area contributed by atoms with Crippen molar-refractivity contribution in [1.82, 2.24) is 5.32 Å². The number of halogens is 1. The van der Waals surface area contributed by atoms with Gasteiger partial charge in [-0.05, 0) is 42.0 Å².